The average molecular weight is 185 g/mol. The molecule has 1 atom stereocenters. The monoisotopic (exact) mass is 185 g/mol. The fraction of sp³-hybridized carbons (Fsp3) is 0.333. The molecule has 1 aliphatic carbocycles. The third-order valence-corrected chi connectivity index (χ3v) is 2.73. The van der Waals surface area contributed by atoms with Crippen LogP contribution in [-0.4, -0.2) is 5.78 Å². The smallest absolute Gasteiger partial charge is 0.150 e. The van der Waals surface area contributed by atoms with Gasteiger partial charge in [-0.25, -0.2) is 0 Å². The van der Waals surface area contributed by atoms with E-state index in [0.717, 1.165) is 12.0 Å². The number of carbonyl (C=O) groups excluding carboxylic acids is 1. The predicted molar refractivity (Wildman–Crippen MR) is 52.6 cm³/mol. The minimum Gasteiger partial charge on any atom is -0.298 e. The molecular formula is C12H11NO. The molecule has 0 spiro atoms. The Balaban J connectivity index is 2.36. The van der Waals surface area contributed by atoms with E-state index in [0.29, 0.717) is 12.8 Å². The van der Waals surface area contributed by atoms with Gasteiger partial charge >= 0.3 is 0 Å². The first-order chi connectivity index (χ1) is 6.81. The second-order valence-corrected chi connectivity index (χ2v) is 3.62. The van der Waals surface area contributed by atoms with Crippen molar-refractivity contribution in [1.82, 2.24) is 0 Å². The van der Waals surface area contributed by atoms with Crippen LogP contribution in [0.25, 0.3) is 0 Å². The molecule has 0 fully saturated rings. The van der Waals surface area contributed by atoms with E-state index >= 15 is 0 Å². The van der Waals surface area contributed by atoms with Crippen LogP contribution in [0.5, 0.6) is 0 Å². The molecule has 0 amide bonds. The topological polar surface area (TPSA) is 40.9 Å². The molecule has 70 valence electrons. The number of aryl methyl sites for hydroxylation is 1. The largest absolute Gasteiger partial charge is 0.298 e. The Bertz CT molecular complexity index is 403. The van der Waals surface area contributed by atoms with Crippen molar-refractivity contribution in [1.29, 1.82) is 5.26 Å². The molecule has 0 saturated carbocycles. The van der Waals surface area contributed by atoms with E-state index in [1.807, 2.05) is 24.3 Å². The number of hydrogen-bond donors (Lipinski definition) is 0. The molecule has 2 rings (SSSR count). The lowest BCUT2D eigenvalue weighted by Crippen LogP contribution is -2.12. The molecule has 1 unspecified atom stereocenters. The van der Waals surface area contributed by atoms with Gasteiger partial charge in [-0.2, -0.15) is 5.26 Å². The van der Waals surface area contributed by atoms with Crippen LogP contribution in [0.15, 0.2) is 24.3 Å². The van der Waals surface area contributed by atoms with Crippen LogP contribution >= 0.6 is 0 Å². The summed E-state index contributed by atoms with van der Waals surface area (Å²) in [6, 6.07) is 10.1. The molecule has 14 heavy (non-hydrogen) atoms. The van der Waals surface area contributed by atoms with Crippen molar-refractivity contribution in [3.8, 4) is 6.07 Å². The second kappa shape index (κ2) is 3.63. The SMILES string of the molecule is N#CC1Cc2ccccc2CCC1=O. The van der Waals surface area contributed by atoms with Gasteiger partial charge in [-0.05, 0) is 24.0 Å². The lowest BCUT2D eigenvalue weighted by molar-refractivity contribution is -0.121. The number of fused-ring (bicyclic) bond motifs is 1. The summed E-state index contributed by atoms with van der Waals surface area (Å²) in [5.74, 6) is -0.345. The second-order valence-electron chi connectivity index (χ2n) is 3.62. The van der Waals surface area contributed by atoms with Gasteiger partial charge in [0.1, 0.15) is 5.92 Å². The van der Waals surface area contributed by atoms with Crippen molar-refractivity contribution in [2.45, 2.75) is 19.3 Å². The number of carbonyl (C=O) groups is 1. The van der Waals surface area contributed by atoms with Gasteiger partial charge in [0, 0.05) is 6.42 Å². The molecule has 0 N–H and O–H groups in total. The minimum absolute atomic E-state index is 0.0868. The fourth-order valence-corrected chi connectivity index (χ4v) is 1.88. The Morgan fingerprint density at radius 1 is 1.21 bits per heavy atom. The summed E-state index contributed by atoms with van der Waals surface area (Å²) in [6.07, 6.45) is 1.88. The molecule has 2 heteroatoms. The normalized spacial score (nSPS) is 20.8. The highest BCUT2D eigenvalue weighted by molar-refractivity contribution is 5.84. The number of ketones is 1. The average Bonchev–Trinajstić information content (AvgIpc) is 2.38. The maximum Gasteiger partial charge on any atom is 0.150 e. The van der Waals surface area contributed by atoms with Crippen LogP contribution in [0, 0.1) is 17.2 Å². The van der Waals surface area contributed by atoms with E-state index in [4.69, 9.17) is 5.26 Å². The highest BCUT2D eigenvalue weighted by Crippen LogP contribution is 2.21. The molecule has 0 radical (unpaired) electrons. The van der Waals surface area contributed by atoms with Crippen molar-refractivity contribution in [2.24, 2.45) is 5.92 Å². The van der Waals surface area contributed by atoms with Crippen LogP contribution in [0.1, 0.15) is 17.5 Å². The van der Waals surface area contributed by atoms with Crippen LogP contribution in [0.2, 0.25) is 0 Å². The summed E-state index contributed by atoms with van der Waals surface area (Å²) in [6.45, 7) is 0. The predicted octanol–water partition coefficient (Wildman–Crippen LogP) is 1.88. The molecule has 2 nitrogen and oxygen atoms in total. The highest BCUT2D eigenvalue weighted by atomic mass is 16.1. The first-order valence-corrected chi connectivity index (χ1v) is 4.80. The standard InChI is InChI=1S/C12H11NO/c13-8-11-7-10-4-2-1-3-9(10)5-6-12(11)14/h1-4,11H,5-7H2. The molecule has 0 heterocycles. The van der Waals surface area contributed by atoms with Crippen LogP contribution in [0.4, 0.5) is 0 Å². The van der Waals surface area contributed by atoms with Gasteiger partial charge in [0.25, 0.3) is 0 Å². The van der Waals surface area contributed by atoms with Crippen molar-refractivity contribution in [3.63, 3.8) is 0 Å². The van der Waals surface area contributed by atoms with E-state index in [9.17, 15) is 4.79 Å². The lowest BCUT2D eigenvalue weighted by atomic mass is 9.97. The Morgan fingerprint density at radius 2 is 1.93 bits per heavy atom. The molecule has 0 aromatic heterocycles. The van der Waals surface area contributed by atoms with Gasteiger partial charge in [-0.1, -0.05) is 24.3 Å². The summed E-state index contributed by atoms with van der Waals surface area (Å²) < 4.78 is 0. The van der Waals surface area contributed by atoms with E-state index in [2.05, 4.69) is 6.07 Å². The zero-order valence-corrected chi connectivity index (χ0v) is 7.86. The highest BCUT2D eigenvalue weighted by Gasteiger charge is 2.22. The molecule has 1 aliphatic rings. The Labute approximate surface area is 83.2 Å². The third-order valence-electron chi connectivity index (χ3n) is 2.73. The van der Waals surface area contributed by atoms with E-state index < -0.39 is 5.92 Å². The molecule has 0 saturated heterocycles. The number of nitriles is 1. The summed E-state index contributed by atoms with van der Waals surface area (Å²) in [4.78, 5) is 11.5. The summed E-state index contributed by atoms with van der Waals surface area (Å²) in [5.41, 5.74) is 2.38. The number of hydrogen-bond acceptors (Lipinski definition) is 2. The quantitative estimate of drug-likeness (QED) is 0.579. The summed E-state index contributed by atoms with van der Waals surface area (Å²) >= 11 is 0. The van der Waals surface area contributed by atoms with Crippen LogP contribution in [0.3, 0.4) is 0 Å². The molecule has 1 aromatic rings. The first-order valence-electron chi connectivity index (χ1n) is 4.80. The van der Waals surface area contributed by atoms with Crippen LogP contribution < -0.4 is 0 Å². The Morgan fingerprint density at radius 3 is 2.64 bits per heavy atom. The number of nitrogens with zero attached hydrogens (tertiary/aromatic N) is 1. The van der Waals surface area contributed by atoms with E-state index in [-0.39, 0.29) is 5.78 Å². The summed E-state index contributed by atoms with van der Waals surface area (Å²) in [5, 5.41) is 8.84. The minimum atomic E-state index is -0.432. The van der Waals surface area contributed by atoms with Gasteiger partial charge in [0.15, 0.2) is 5.78 Å². The molecule has 1 aromatic carbocycles. The van der Waals surface area contributed by atoms with Gasteiger partial charge in [0.05, 0.1) is 6.07 Å². The summed E-state index contributed by atoms with van der Waals surface area (Å²) in [7, 11) is 0. The molecular weight excluding hydrogens is 174 g/mol. The zero-order chi connectivity index (χ0) is 9.97. The van der Waals surface area contributed by atoms with Crippen molar-refractivity contribution in [3.05, 3.63) is 35.4 Å². The lowest BCUT2D eigenvalue weighted by Gasteiger charge is -2.04. The molecule has 0 bridgehead atoms. The maximum absolute atomic E-state index is 11.5. The number of rotatable bonds is 0. The van der Waals surface area contributed by atoms with Crippen molar-refractivity contribution >= 4 is 5.78 Å². The third kappa shape index (κ3) is 1.54. The van der Waals surface area contributed by atoms with E-state index in [1.54, 1.807) is 0 Å². The first kappa shape index (κ1) is 8.96. The molecule has 0 aliphatic heterocycles. The van der Waals surface area contributed by atoms with Crippen molar-refractivity contribution < 1.29 is 4.79 Å². The van der Waals surface area contributed by atoms with E-state index in [1.165, 1.54) is 5.56 Å². The van der Waals surface area contributed by atoms with Crippen molar-refractivity contribution in [2.75, 3.05) is 0 Å². The van der Waals surface area contributed by atoms with Gasteiger partial charge in [0.2, 0.25) is 0 Å². The fourth-order valence-electron chi connectivity index (χ4n) is 1.88. The Hall–Kier alpha value is -1.62. The number of Topliss-reactive ketones (excluding diaryl/α,β-unsaturated/α-hetero) is 1. The number of benzene rings is 1. The maximum atomic E-state index is 11.5. The zero-order valence-electron chi connectivity index (χ0n) is 7.86. The van der Waals surface area contributed by atoms with Gasteiger partial charge < -0.3 is 0 Å². The Kier molecular flexibility index (Phi) is 2.32. The van der Waals surface area contributed by atoms with Gasteiger partial charge in [-0.3, -0.25) is 4.79 Å². The van der Waals surface area contributed by atoms with Gasteiger partial charge in [-0.15, -0.1) is 0 Å². The van der Waals surface area contributed by atoms with Crippen LogP contribution in [-0.2, 0) is 17.6 Å².